The first kappa shape index (κ1) is 31.0. The number of carboxylic acids is 1. The van der Waals surface area contributed by atoms with Gasteiger partial charge in [0, 0.05) is 40.5 Å². The van der Waals surface area contributed by atoms with E-state index in [0.717, 1.165) is 34.9 Å². The highest BCUT2D eigenvalue weighted by atomic mass is 35.5. The fourth-order valence-corrected chi connectivity index (χ4v) is 5.43. The van der Waals surface area contributed by atoms with Crippen molar-refractivity contribution in [2.75, 3.05) is 6.54 Å². The molecule has 0 fully saturated rings. The van der Waals surface area contributed by atoms with E-state index >= 15 is 0 Å². The minimum Gasteiger partial charge on any atom is -0.481 e. The normalized spacial score (nSPS) is 12.3. The number of halogens is 1. The first-order valence-corrected chi connectivity index (χ1v) is 14.9. The van der Waals surface area contributed by atoms with E-state index in [0.29, 0.717) is 29.2 Å². The molecular formula is C35H39ClN2O4. The number of benzene rings is 3. The highest BCUT2D eigenvalue weighted by Crippen LogP contribution is 2.29. The molecule has 3 aromatic carbocycles. The molecule has 1 amide bonds. The van der Waals surface area contributed by atoms with Gasteiger partial charge in [-0.1, -0.05) is 82.1 Å². The Balaban J connectivity index is 1.59. The van der Waals surface area contributed by atoms with E-state index in [4.69, 9.17) is 16.7 Å². The van der Waals surface area contributed by atoms with Crippen molar-refractivity contribution in [3.05, 3.63) is 106 Å². The molecule has 1 atom stereocenters. The molecular weight excluding hydrogens is 548 g/mol. The number of rotatable bonds is 12. The monoisotopic (exact) mass is 586 g/mol. The number of amides is 1. The number of Topliss-reactive ketones (excluding diaryl/α,β-unsaturated/α-hetero) is 1. The maximum atomic E-state index is 14.2. The predicted molar refractivity (Wildman–Crippen MR) is 169 cm³/mol. The van der Waals surface area contributed by atoms with Crippen molar-refractivity contribution in [2.24, 2.45) is 5.92 Å². The SMILES string of the molecule is CCC[C@H](Cc1ccc(C(=O)NCCC(=O)O)cc1)C(=O)c1cc2cc(Cl)ccc2n1Cc1ccc(C(C)(C)C)cc1. The number of carboxylic acid groups (broad SMARTS) is 1. The molecule has 0 unspecified atom stereocenters. The van der Waals surface area contributed by atoms with Gasteiger partial charge in [-0.15, -0.1) is 0 Å². The molecule has 0 aliphatic rings. The molecule has 220 valence electrons. The lowest BCUT2D eigenvalue weighted by Crippen LogP contribution is -2.26. The Hall–Kier alpha value is -3.90. The number of aromatic nitrogens is 1. The van der Waals surface area contributed by atoms with E-state index in [1.807, 2.05) is 36.4 Å². The third kappa shape index (κ3) is 7.68. The number of nitrogens with one attached hydrogen (secondary N) is 1. The van der Waals surface area contributed by atoms with Gasteiger partial charge in [-0.2, -0.15) is 0 Å². The summed E-state index contributed by atoms with van der Waals surface area (Å²) in [4.78, 5) is 37.2. The van der Waals surface area contributed by atoms with Crippen LogP contribution in [0.15, 0.2) is 72.8 Å². The average Bonchev–Trinajstić information content (AvgIpc) is 3.29. The van der Waals surface area contributed by atoms with Crippen LogP contribution in [-0.2, 0) is 23.2 Å². The van der Waals surface area contributed by atoms with E-state index in [9.17, 15) is 14.4 Å². The van der Waals surface area contributed by atoms with Crippen LogP contribution in [0.4, 0.5) is 0 Å². The molecule has 0 spiro atoms. The third-order valence-corrected chi connectivity index (χ3v) is 7.84. The Kier molecular flexibility index (Phi) is 9.89. The van der Waals surface area contributed by atoms with Gasteiger partial charge in [0.1, 0.15) is 0 Å². The smallest absolute Gasteiger partial charge is 0.305 e. The lowest BCUT2D eigenvalue weighted by molar-refractivity contribution is -0.136. The number of ketones is 1. The Labute approximate surface area is 252 Å². The molecule has 0 bridgehead atoms. The average molecular weight is 587 g/mol. The molecule has 0 radical (unpaired) electrons. The Bertz CT molecular complexity index is 1560. The first-order chi connectivity index (χ1) is 20.0. The predicted octanol–water partition coefficient (Wildman–Crippen LogP) is 7.69. The zero-order chi connectivity index (χ0) is 30.4. The minimum atomic E-state index is -0.960. The van der Waals surface area contributed by atoms with Crippen molar-refractivity contribution in [2.45, 2.75) is 65.3 Å². The van der Waals surface area contributed by atoms with Gasteiger partial charge in [0.2, 0.25) is 0 Å². The number of carbonyl (C=O) groups is 3. The van der Waals surface area contributed by atoms with Gasteiger partial charge in [-0.05, 0) is 71.3 Å². The van der Waals surface area contributed by atoms with Crippen LogP contribution >= 0.6 is 11.6 Å². The molecule has 7 heteroatoms. The second kappa shape index (κ2) is 13.4. The highest BCUT2D eigenvalue weighted by Gasteiger charge is 2.25. The molecule has 1 heterocycles. The lowest BCUT2D eigenvalue weighted by Gasteiger charge is -2.20. The highest BCUT2D eigenvalue weighted by molar-refractivity contribution is 6.31. The van der Waals surface area contributed by atoms with E-state index in [-0.39, 0.29) is 36.0 Å². The van der Waals surface area contributed by atoms with Crippen molar-refractivity contribution in [1.82, 2.24) is 9.88 Å². The maximum Gasteiger partial charge on any atom is 0.305 e. The molecule has 4 rings (SSSR count). The number of carbonyl (C=O) groups excluding carboxylic acids is 2. The summed E-state index contributed by atoms with van der Waals surface area (Å²) in [6.45, 7) is 9.31. The van der Waals surface area contributed by atoms with Crippen LogP contribution < -0.4 is 5.32 Å². The Morgan fingerprint density at radius 3 is 2.21 bits per heavy atom. The van der Waals surface area contributed by atoms with Crippen LogP contribution in [0.5, 0.6) is 0 Å². The topological polar surface area (TPSA) is 88.4 Å². The van der Waals surface area contributed by atoms with E-state index in [1.165, 1.54) is 5.56 Å². The van der Waals surface area contributed by atoms with Gasteiger partial charge >= 0.3 is 5.97 Å². The summed E-state index contributed by atoms with van der Waals surface area (Å²) >= 11 is 6.33. The summed E-state index contributed by atoms with van der Waals surface area (Å²) < 4.78 is 2.10. The zero-order valence-electron chi connectivity index (χ0n) is 24.7. The summed E-state index contributed by atoms with van der Waals surface area (Å²) in [7, 11) is 0. The summed E-state index contributed by atoms with van der Waals surface area (Å²) in [5, 5.41) is 13.0. The standard InChI is InChI=1S/C35H39ClN2O4/c1-5-6-26(19-23-7-11-25(12-8-23)34(42)37-18-17-32(39)40)33(41)31-21-27-20-29(36)15-16-30(27)38(31)22-24-9-13-28(14-10-24)35(2,3)4/h7-16,20-21,26H,5-6,17-19,22H2,1-4H3,(H,37,42)(H,39,40)/t26-/m1/s1. The lowest BCUT2D eigenvalue weighted by atomic mass is 9.86. The summed E-state index contributed by atoms with van der Waals surface area (Å²) in [5.41, 5.74) is 5.50. The molecule has 42 heavy (non-hydrogen) atoms. The van der Waals surface area contributed by atoms with E-state index in [2.05, 4.69) is 61.8 Å². The van der Waals surface area contributed by atoms with Crippen molar-refractivity contribution in [3.8, 4) is 0 Å². The fourth-order valence-electron chi connectivity index (χ4n) is 5.25. The van der Waals surface area contributed by atoms with E-state index in [1.54, 1.807) is 12.1 Å². The molecule has 0 aliphatic heterocycles. The quantitative estimate of drug-likeness (QED) is 0.167. The Morgan fingerprint density at radius 2 is 1.60 bits per heavy atom. The molecule has 0 saturated carbocycles. The molecule has 0 saturated heterocycles. The fraction of sp³-hybridized carbons (Fsp3) is 0.343. The van der Waals surface area contributed by atoms with Crippen LogP contribution in [0, 0.1) is 5.92 Å². The zero-order valence-corrected chi connectivity index (χ0v) is 25.5. The minimum absolute atomic E-state index is 0.0618. The number of nitrogens with zero attached hydrogens (tertiary/aromatic N) is 1. The molecule has 2 N–H and O–H groups in total. The van der Waals surface area contributed by atoms with Crippen molar-refractivity contribution in [1.29, 1.82) is 0 Å². The molecule has 4 aromatic rings. The van der Waals surface area contributed by atoms with Crippen LogP contribution in [0.25, 0.3) is 10.9 Å². The number of aliphatic carboxylic acids is 1. The largest absolute Gasteiger partial charge is 0.481 e. The van der Waals surface area contributed by atoms with Crippen molar-refractivity contribution < 1.29 is 19.5 Å². The number of hydrogen-bond acceptors (Lipinski definition) is 3. The van der Waals surface area contributed by atoms with Gasteiger partial charge in [0.15, 0.2) is 5.78 Å². The molecule has 1 aromatic heterocycles. The van der Waals surface area contributed by atoms with Gasteiger partial charge in [0.25, 0.3) is 5.91 Å². The first-order valence-electron chi connectivity index (χ1n) is 14.5. The van der Waals surface area contributed by atoms with Gasteiger partial charge in [-0.3, -0.25) is 14.4 Å². The molecule has 6 nitrogen and oxygen atoms in total. The third-order valence-electron chi connectivity index (χ3n) is 7.61. The summed E-state index contributed by atoms with van der Waals surface area (Å²) in [6.07, 6.45) is 2.02. The molecule has 0 aliphatic carbocycles. The van der Waals surface area contributed by atoms with Crippen LogP contribution in [-0.4, -0.2) is 33.9 Å². The van der Waals surface area contributed by atoms with E-state index < -0.39 is 5.97 Å². The van der Waals surface area contributed by atoms with Gasteiger partial charge in [0.05, 0.1) is 12.1 Å². The van der Waals surface area contributed by atoms with Crippen LogP contribution in [0.2, 0.25) is 5.02 Å². The van der Waals surface area contributed by atoms with Crippen molar-refractivity contribution in [3.63, 3.8) is 0 Å². The van der Waals surface area contributed by atoms with Gasteiger partial charge < -0.3 is 15.0 Å². The summed E-state index contributed by atoms with van der Waals surface area (Å²) in [6, 6.07) is 23.5. The second-order valence-electron chi connectivity index (χ2n) is 11.9. The number of fused-ring (bicyclic) bond motifs is 1. The summed E-state index contributed by atoms with van der Waals surface area (Å²) in [5.74, 6) is -1.42. The second-order valence-corrected chi connectivity index (χ2v) is 12.4. The van der Waals surface area contributed by atoms with Crippen molar-refractivity contribution >= 4 is 40.2 Å². The van der Waals surface area contributed by atoms with Gasteiger partial charge in [-0.25, -0.2) is 0 Å². The van der Waals surface area contributed by atoms with Crippen LogP contribution in [0.1, 0.15) is 84.5 Å². The van der Waals surface area contributed by atoms with Crippen LogP contribution in [0.3, 0.4) is 0 Å². The Morgan fingerprint density at radius 1 is 0.929 bits per heavy atom. The number of hydrogen-bond donors (Lipinski definition) is 2. The maximum absolute atomic E-state index is 14.2.